The fourth-order valence-electron chi connectivity index (χ4n) is 1.41. The highest BCUT2D eigenvalue weighted by molar-refractivity contribution is 5.94. The van der Waals surface area contributed by atoms with E-state index >= 15 is 0 Å². The standard InChI is InChI=1S/C12H17NO3/c1-2-13(11-6-4-3-5-7-11)12(15)10-16-9-8-14/h3-7,14H,2,8-10H2,1H3. The lowest BCUT2D eigenvalue weighted by Gasteiger charge is -2.20. The van der Waals surface area contributed by atoms with Crippen molar-refractivity contribution in [2.45, 2.75) is 6.92 Å². The van der Waals surface area contributed by atoms with Gasteiger partial charge in [0.15, 0.2) is 0 Å². The molecule has 88 valence electrons. The van der Waals surface area contributed by atoms with Crippen molar-refractivity contribution < 1.29 is 14.6 Å². The summed E-state index contributed by atoms with van der Waals surface area (Å²) < 4.78 is 5.01. The smallest absolute Gasteiger partial charge is 0.252 e. The number of benzene rings is 1. The fraction of sp³-hybridized carbons (Fsp3) is 0.417. The van der Waals surface area contributed by atoms with Crippen molar-refractivity contribution in [2.75, 3.05) is 31.3 Å². The predicted octanol–water partition coefficient (Wildman–Crippen LogP) is 1.05. The van der Waals surface area contributed by atoms with E-state index in [1.54, 1.807) is 4.90 Å². The first-order chi connectivity index (χ1) is 7.79. The van der Waals surface area contributed by atoms with E-state index in [-0.39, 0.29) is 25.7 Å². The molecule has 0 spiro atoms. The summed E-state index contributed by atoms with van der Waals surface area (Å²) in [6, 6.07) is 9.45. The summed E-state index contributed by atoms with van der Waals surface area (Å²) in [5.74, 6) is -0.0952. The third-order valence-electron chi connectivity index (χ3n) is 2.15. The van der Waals surface area contributed by atoms with E-state index in [9.17, 15) is 4.79 Å². The molecule has 0 fully saturated rings. The number of aliphatic hydroxyl groups excluding tert-OH is 1. The number of aliphatic hydroxyl groups is 1. The Morgan fingerprint density at radius 1 is 1.38 bits per heavy atom. The van der Waals surface area contributed by atoms with Gasteiger partial charge in [0.25, 0.3) is 5.91 Å². The quantitative estimate of drug-likeness (QED) is 0.733. The molecule has 0 radical (unpaired) electrons. The number of carbonyl (C=O) groups excluding carboxylic acids is 1. The third-order valence-corrected chi connectivity index (χ3v) is 2.15. The van der Waals surface area contributed by atoms with Crippen LogP contribution in [-0.4, -0.2) is 37.4 Å². The molecule has 4 heteroatoms. The average molecular weight is 223 g/mol. The first-order valence-electron chi connectivity index (χ1n) is 5.33. The lowest BCUT2D eigenvalue weighted by molar-refractivity contribution is -0.123. The highest BCUT2D eigenvalue weighted by atomic mass is 16.5. The van der Waals surface area contributed by atoms with Gasteiger partial charge in [-0.1, -0.05) is 18.2 Å². The summed E-state index contributed by atoms with van der Waals surface area (Å²) in [7, 11) is 0. The molecule has 1 aromatic rings. The second-order valence-corrected chi connectivity index (χ2v) is 3.25. The Bertz CT molecular complexity index is 313. The topological polar surface area (TPSA) is 49.8 Å². The molecule has 0 aromatic heterocycles. The van der Waals surface area contributed by atoms with E-state index in [0.29, 0.717) is 6.54 Å². The number of hydrogen-bond donors (Lipinski definition) is 1. The molecule has 0 atom stereocenters. The van der Waals surface area contributed by atoms with Gasteiger partial charge in [-0.2, -0.15) is 0 Å². The minimum Gasteiger partial charge on any atom is -0.394 e. The fourth-order valence-corrected chi connectivity index (χ4v) is 1.41. The number of para-hydroxylation sites is 1. The maximum atomic E-state index is 11.8. The normalized spacial score (nSPS) is 10.1. The molecule has 0 saturated heterocycles. The van der Waals surface area contributed by atoms with Crippen molar-refractivity contribution in [3.8, 4) is 0 Å². The van der Waals surface area contributed by atoms with Crippen molar-refractivity contribution in [3.05, 3.63) is 30.3 Å². The number of rotatable bonds is 6. The number of carbonyl (C=O) groups is 1. The van der Waals surface area contributed by atoms with Gasteiger partial charge in [-0.3, -0.25) is 4.79 Å². The highest BCUT2D eigenvalue weighted by Gasteiger charge is 2.12. The molecule has 0 aliphatic heterocycles. The number of anilines is 1. The van der Waals surface area contributed by atoms with Gasteiger partial charge in [-0.05, 0) is 19.1 Å². The van der Waals surface area contributed by atoms with E-state index in [0.717, 1.165) is 5.69 Å². The molecule has 4 nitrogen and oxygen atoms in total. The number of ether oxygens (including phenoxy) is 1. The van der Waals surface area contributed by atoms with Crippen LogP contribution in [0.15, 0.2) is 30.3 Å². The van der Waals surface area contributed by atoms with Crippen LogP contribution in [0.5, 0.6) is 0 Å². The van der Waals surface area contributed by atoms with E-state index in [4.69, 9.17) is 9.84 Å². The summed E-state index contributed by atoms with van der Waals surface area (Å²) in [6.45, 7) is 2.65. The zero-order valence-corrected chi connectivity index (χ0v) is 9.43. The van der Waals surface area contributed by atoms with Gasteiger partial charge in [0.05, 0.1) is 13.2 Å². The number of hydrogen-bond acceptors (Lipinski definition) is 3. The molecule has 0 aliphatic carbocycles. The molecule has 0 heterocycles. The van der Waals surface area contributed by atoms with Gasteiger partial charge in [-0.15, -0.1) is 0 Å². The third kappa shape index (κ3) is 3.64. The average Bonchev–Trinajstić information content (AvgIpc) is 2.32. The number of amides is 1. The predicted molar refractivity (Wildman–Crippen MR) is 62.4 cm³/mol. The van der Waals surface area contributed by atoms with Gasteiger partial charge < -0.3 is 14.7 Å². The maximum Gasteiger partial charge on any atom is 0.252 e. The van der Waals surface area contributed by atoms with Gasteiger partial charge >= 0.3 is 0 Å². The molecule has 0 saturated carbocycles. The SMILES string of the molecule is CCN(C(=O)COCCO)c1ccccc1. The van der Waals surface area contributed by atoms with Crippen LogP contribution in [0.2, 0.25) is 0 Å². The van der Waals surface area contributed by atoms with Crippen molar-refractivity contribution in [1.29, 1.82) is 0 Å². The Morgan fingerprint density at radius 3 is 2.62 bits per heavy atom. The molecule has 0 unspecified atom stereocenters. The van der Waals surface area contributed by atoms with E-state index in [1.165, 1.54) is 0 Å². The molecule has 0 bridgehead atoms. The van der Waals surface area contributed by atoms with Gasteiger partial charge in [0.2, 0.25) is 0 Å². The maximum absolute atomic E-state index is 11.8. The van der Waals surface area contributed by atoms with Crippen molar-refractivity contribution in [3.63, 3.8) is 0 Å². The Morgan fingerprint density at radius 2 is 2.06 bits per heavy atom. The second kappa shape index (κ2) is 6.98. The molecular formula is C12H17NO3. The highest BCUT2D eigenvalue weighted by Crippen LogP contribution is 2.12. The van der Waals surface area contributed by atoms with Crippen LogP contribution in [0, 0.1) is 0 Å². The lowest BCUT2D eigenvalue weighted by Crippen LogP contribution is -2.34. The first-order valence-corrected chi connectivity index (χ1v) is 5.33. The lowest BCUT2D eigenvalue weighted by atomic mass is 10.3. The monoisotopic (exact) mass is 223 g/mol. The van der Waals surface area contributed by atoms with Crippen molar-refractivity contribution >= 4 is 11.6 Å². The molecule has 1 N–H and O–H groups in total. The Kier molecular flexibility index (Phi) is 5.53. The van der Waals surface area contributed by atoms with Crippen LogP contribution in [0.4, 0.5) is 5.69 Å². The van der Waals surface area contributed by atoms with Crippen molar-refractivity contribution in [2.24, 2.45) is 0 Å². The van der Waals surface area contributed by atoms with Crippen LogP contribution in [0.1, 0.15) is 6.92 Å². The Labute approximate surface area is 95.5 Å². The van der Waals surface area contributed by atoms with Gasteiger partial charge in [0, 0.05) is 12.2 Å². The minimum atomic E-state index is -0.0952. The van der Waals surface area contributed by atoms with Crippen LogP contribution < -0.4 is 4.90 Å². The zero-order chi connectivity index (χ0) is 11.8. The summed E-state index contributed by atoms with van der Waals surface area (Å²) in [4.78, 5) is 13.4. The molecule has 1 amide bonds. The number of nitrogens with zero attached hydrogens (tertiary/aromatic N) is 1. The van der Waals surface area contributed by atoms with Crippen LogP contribution in [0.3, 0.4) is 0 Å². The summed E-state index contributed by atoms with van der Waals surface area (Å²) >= 11 is 0. The summed E-state index contributed by atoms with van der Waals surface area (Å²) in [5, 5.41) is 8.54. The Balaban J connectivity index is 2.57. The van der Waals surface area contributed by atoms with E-state index in [2.05, 4.69) is 0 Å². The molecule has 16 heavy (non-hydrogen) atoms. The molecule has 1 rings (SSSR count). The first kappa shape index (κ1) is 12.7. The van der Waals surface area contributed by atoms with Gasteiger partial charge in [0.1, 0.15) is 6.61 Å². The van der Waals surface area contributed by atoms with Crippen LogP contribution >= 0.6 is 0 Å². The van der Waals surface area contributed by atoms with Gasteiger partial charge in [-0.25, -0.2) is 0 Å². The zero-order valence-electron chi connectivity index (χ0n) is 9.43. The van der Waals surface area contributed by atoms with Crippen LogP contribution in [-0.2, 0) is 9.53 Å². The summed E-state index contributed by atoms with van der Waals surface area (Å²) in [5.41, 5.74) is 0.864. The van der Waals surface area contributed by atoms with E-state index in [1.807, 2.05) is 37.3 Å². The minimum absolute atomic E-state index is 0.00327. The molecule has 1 aromatic carbocycles. The molecule has 0 aliphatic rings. The van der Waals surface area contributed by atoms with Crippen LogP contribution in [0.25, 0.3) is 0 Å². The Hall–Kier alpha value is -1.39. The largest absolute Gasteiger partial charge is 0.394 e. The van der Waals surface area contributed by atoms with Crippen molar-refractivity contribution in [1.82, 2.24) is 0 Å². The van der Waals surface area contributed by atoms with E-state index < -0.39 is 0 Å². The molecular weight excluding hydrogens is 206 g/mol. The second-order valence-electron chi connectivity index (χ2n) is 3.25. The summed E-state index contributed by atoms with van der Waals surface area (Å²) in [6.07, 6.45) is 0. The number of likely N-dealkylation sites (N-methyl/N-ethyl adjacent to an activating group) is 1.